The third-order valence-corrected chi connectivity index (χ3v) is 6.08. The van der Waals surface area contributed by atoms with Gasteiger partial charge in [0.25, 0.3) is 0 Å². The van der Waals surface area contributed by atoms with Crippen molar-refractivity contribution >= 4 is 11.8 Å². The van der Waals surface area contributed by atoms with Crippen LogP contribution in [0.5, 0.6) is 0 Å². The van der Waals surface area contributed by atoms with Crippen molar-refractivity contribution in [1.29, 1.82) is 0 Å². The van der Waals surface area contributed by atoms with E-state index in [0.717, 1.165) is 16.7 Å². The highest BCUT2D eigenvalue weighted by molar-refractivity contribution is 5.88. The molecule has 2 amide bonds. The largest absolute Gasteiger partial charge is 0.379 e. The highest BCUT2D eigenvalue weighted by atomic mass is 19.1. The zero-order valence-electron chi connectivity index (χ0n) is 21.7. The third-order valence-electron chi connectivity index (χ3n) is 6.08. The molecule has 0 aliphatic carbocycles. The molecule has 3 rings (SSSR count). The van der Waals surface area contributed by atoms with E-state index in [1.165, 1.54) is 12.1 Å². The molecule has 3 aromatic rings. The summed E-state index contributed by atoms with van der Waals surface area (Å²) in [6.45, 7) is 5.18. The van der Waals surface area contributed by atoms with E-state index in [1.807, 2.05) is 74.5 Å². The lowest BCUT2D eigenvalue weighted by molar-refractivity contribution is -0.141. The monoisotopic (exact) mass is 504 g/mol. The Labute approximate surface area is 219 Å². The minimum atomic E-state index is -0.707. The number of amides is 2. The molecule has 1 atom stereocenters. The molecule has 0 heterocycles. The van der Waals surface area contributed by atoms with Gasteiger partial charge in [-0.1, -0.05) is 72.8 Å². The van der Waals surface area contributed by atoms with E-state index in [2.05, 4.69) is 5.32 Å². The summed E-state index contributed by atoms with van der Waals surface area (Å²) < 4.78 is 19.1. The molecule has 0 saturated carbocycles. The van der Waals surface area contributed by atoms with Gasteiger partial charge in [-0.15, -0.1) is 0 Å². The standard InChI is InChI=1S/C31H37FN2O3/c1-24(2)37-21-9-20-33-31(36)29(22-26-12-7-4-8-13-26)34(23-27-14-17-28(32)18-15-27)30(35)19-16-25-10-5-3-6-11-25/h3-8,10-15,17-18,24,29H,9,16,19-23H2,1-2H3,(H,33,36). The molecule has 1 N–H and O–H groups in total. The van der Waals surface area contributed by atoms with Gasteiger partial charge in [0.1, 0.15) is 11.9 Å². The van der Waals surface area contributed by atoms with Crippen molar-refractivity contribution in [2.24, 2.45) is 0 Å². The summed E-state index contributed by atoms with van der Waals surface area (Å²) >= 11 is 0. The molecule has 0 bridgehead atoms. The van der Waals surface area contributed by atoms with Crippen LogP contribution in [0.4, 0.5) is 4.39 Å². The molecule has 3 aromatic carbocycles. The van der Waals surface area contributed by atoms with Crippen molar-refractivity contribution in [2.45, 2.75) is 58.2 Å². The second-order valence-corrected chi connectivity index (χ2v) is 9.40. The van der Waals surface area contributed by atoms with Gasteiger partial charge in [0.2, 0.25) is 11.8 Å². The van der Waals surface area contributed by atoms with Gasteiger partial charge < -0.3 is 15.0 Å². The first-order chi connectivity index (χ1) is 17.9. The average Bonchev–Trinajstić information content (AvgIpc) is 2.91. The van der Waals surface area contributed by atoms with E-state index in [1.54, 1.807) is 17.0 Å². The Morgan fingerprint density at radius 1 is 0.865 bits per heavy atom. The lowest BCUT2D eigenvalue weighted by Gasteiger charge is -2.31. The van der Waals surface area contributed by atoms with Crippen LogP contribution < -0.4 is 5.32 Å². The Balaban J connectivity index is 1.81. The summed E-state index contributed by atoms with van der Waals surface area (Å²) in [7, 11) is 0. The third kappa shape index (κ3) is 9.81. The van der Waals surface area contributed by atoms with Crippen LogP contribution >= 0.6 is 0 Å². The fourth-order valence-corrected chi connectivity index (χ4v) is 4.10. The first-order valence-electron chi connectivity index (χ1n) is 12.9. The molecule has 0 aromatic heterocycles. The molecule has 0 saturated heterocycles. The van der Waals surface area contributed by atoms with Crippen molar-refractivity contribution in [3.05, 3.63) is 107 Å². The fraction of sp³-hybridized carbons (Fsp3) is 0.355. The van der Waals surface area contributed by atoms with E-state index in [4.69, 9.17) is 4.74 Å². The van der Waals surface area contributed by atoms with Gasteiger partial charge in [-0.2, -0.15) is 0 Å². The summed E-state index contributed by atoms with van der Waals surface area (Å²) in [5, 5.41) is 3.01. The van der Waals surface area contributed by atoms with E-state index in [0.29, 0.717) is 32.4 Å². The maximum Gasteiger partial charge on any atom is 0.243 e. The number of benzene rings is 3. The Morgan fingerprint density at radius 3 is 2.11 bits per heavy atom. The number of hydrogen-bond donors (Lipinski definition) is 1. The van der Waals surface area contributed by atoms with Crippen molar-refractivity contribution in [3.63, 3.8) is 0 Å². The van der Waals surface area contributed by atoms with Gasteiger partial charge in [-0.3, -0.25) is 9.59 Å². The van der Waals surface area contributed by atoms with Crippen LogP contribution in [0, 0.1) is 5.82 Å². The van der Waals surface area contributed by atoms with Gasteiger partial charge >= 0.3 is 0 Å². The lowest BCUT2D eigenvalue weighted by atomic mass is 10.0. The summed E-state index contributed by atoms with van der Waals surface area (Å²) in [5.41, 5.74) is 2.79. The number of nitrogens with one attached hydrogen (secondary N) is 1. The van der Waals surface area contributed by atoms with E-state index < -0.39 is 6.04 Å². The van der Waals surface area contributed by atoms with Crippen LogP contribution in [0.3, 0.4) is 0 Å². The molecule has 0 aliphatic heterocycles. The number of halogens is 1. The van der Waals surface area contributed by atoms with Gasteiger partial charge in [0.15, 0.2) is 0 Å². The smallest absolute Gasteiger partial charge is 0.243 e. The van der Waals surface area contributed by atoms with Crippen LogP contribution in [0.2, 0.25) is 0 Å². The van der Waals surface area contributed by atoms with Gasteiger partial charge in [-0.05, 0) is 55.5 Å². The summed E-state index contributed by atoms with van der Waals surface area (Å²) in [6.07, 6.45) is 2.04. The first kappa shape index (κ1) is 28.1. The molecule has 0 radical (unpaired) electrons. The fourth-order valence-electron chi connectivity index (χ4n) is 4.10. The van der Waals surface area contributed by atoms with Gasteiger partial charge in [0.05, 0.1) is 6.10 Å². The molecule has 196 valence electrons. The lowest BCUT2D eigenvalue weighted by Crippen LogP contribution is -2.50. The van der Waals surface area contributed by atoms with Gasteiger partial charge in [-0.25, -0.2) is 4.39 Å². The van der Waals surface area contributed by atoms with Crippen molar-refractivity contribution in [2.75, 3.05) is 13.2 Å². The normalized spacial score (nSPS) is 11.8. The Kier molecular flexibility index (Phi) is 11.3. The number of nitrogens with zero attached hydrogens (tertiary/aromatic N) is 1. The molecule has 0 spiro atoms. The number of carbonyl (C=O) groups excluding carboxylic acids is 2. The highest BCUT2D eigenvalue weighted by Crippen LogP contribution is 2.17. The number of hydrogen-bond acceptors (Lipinski definition) is 3. The number of aryl methyl sites for hydroxylation is 1. The van der Waals surface area contributed by atoms with Crippen molar-refractivity contribution in [1.82, 2.24) is 10.2 Å². The molecule has 1 unspecified atom stereocenters. The molecule has 0 fully saturated rings. The van der Waals surface area contributed by atoms with Crippen LogP contribution in [-0.2, 0) is 33.7 Å². The zero-order chi connectivity index (χ0) is 26.5. The molecular formula is C31H37FN2O3. The summed E-state index contributed by atoms with van der Waals surface area (Å²) in [5.74, 6) is -0.663. The molecule has 37 heavy (non-hydrogen) atoms. The number of carbonyl (C=O) groups is 2. The van der Waals surface area contributed by atoms with Crippen LogP contribution in [-0.4, -0.2) is 42.0 Å². The van der Waals surface area contributed by atoms with Crippen LogP contribution in [0.1, 0.15) is 43.4 Å². The average molecular weight is 505 g/mol. The SMILES string of the molecule is CC(C)OCCCNC(=O)C(Cc1ccccc1)N(Cc1ccc(F)cc1)C(=O)CCc1ccccc1. The van der Waals surface area contributed by atoms with E-state index in [-0.39, 0.29) is 36.7 Å². The van der Waals surface area contributed by atoms with E-state index in [9.17, 15) is 14.0 Å². The van der Waals surface area contributed by atoms with E-state index >= 15 is 0 Å². The minimum absolute atomic E-state index is 0.118. The topological polar surface area (TPSA) is 58.6 Å². The van der Waals surface area contributed by atoms with Crippen molar-refractivity contribution < 1.29 is 18.7 Å². The second-order valence-electron chi connectivity index (χ2n) is 9.40. The molecule has 0 aliphatic rings. The molecule has 5 nitrogen and oxygen atoms in total. The highest BCUT2D eigenvalue weighted by Gasteiger charge is 2.30. The van der Waals surface area contributed by atoms with Crippen molar-refractivity contribution in [3.8, 4) is 0 Å². The Bertz CT molecular complexity index is 1090. The summed E-state index contributed by atoms with van der Waals surface area (Å²) in [6, 6.07) is 24.9. The second kappa shape index (κ2) is 14.9. The maximum absolute atomic E-state index is 13.6. The quantitative estimate of drug-likeness (QED) is 0.302. The first-order valence-corrected chi connectivity index (χ1v) is 12.9. The maximum atomic E-state index is 13.6. The molecular weight excluding hydrogens is 467 g/mol. The van der Waals surface area contributed by atoms with Gasteiger partial charge in [0, 0.05) is 32.5 Å². The number of ether oxygens (including phenoxy) is 1. The minimum Gasteiger partial charge on any atom is -0.379 e. The Morgan fingerprint density at radius 2 is 1.49 bits per heavy atom. The molecule has 6 heteroatoms. The zero-order valence-corrected chi connectivity index (χ0v) is 21.7. The predicted molar refractivity (Wildman–Crippen MR) is 144 cm³/mol. The number of rotatable bonds is 14. The summed E-state index contributed by atoms with van der Waals surface area (Å²) in [4.78, 5) is 28.8. The van der Waals surface area contributed by atoms with Crippen LogP contribution in [0.25, 0.3) is 0 Å². The predicted octanol–water partition coefficient (Wildman–Crippen LogP) is 5.33. The van der Waals surface area contributed by atoms with Crippen LogP contribution in [0.15, 0.2) is 84.9 Å². The Hall–Kier alpha value is -3.51.